The van der Waals surface area contributed by atoms with Gasteiger partial charge in [-0.05, 0) is 6.92 Å². The van der Waals surface area contributed by atoms with Crippen molar-refractivity contribution in [1.82, 2.24) is 0 Å². The summed E-state index contributed by atoms with van der Waals surface area (Å²) < 4.78 is 34.1. The van der Waals surface area contributed by atoms with Crippen LogP contribution in [0, 0.1) is 0 Å². The first-order chi connectivity index (χ1) is 3.73. The number of carboxylic acids is 1. The molecule has 6 nitrogen and oxygen atoms in total. The number of aliphatic carboxylic acids is 1. The van der Waals surface area contributed by atoms with Crippen LogP contribution in [0.1, 0.15) is 6.92 Å². The van der Waals surface area contributed by atoms with E-state index in [9.17, 15) is 0 Å². The Labute approximate surface area is 110 Å². The van der Waals surface area contributed by atoms with E-state index in [1.165, 1.54) is 0 Å². The number of rotatable bonds is 0. The summed E-state index contributed by atoms with van der Waals surface area (Å²) in [6.07, 6.45) is 0. The first-order valence-electron chi connectivity index (χ1n) is 1.57. The monoisotopic (exact) mass is 219 g/mol. The molecule has 0 amide bonds. The molecule has 0 aromatic rings. The third-order valence-corrected chi connectivity index (χ3v) is 0. The van der Waals surface area contributed by atoms with Gasteiger partial charge in [-0.1, -0.05) is 0 Å². The molecule has 0 radical (unpaired) electrons. The average molecular weight is 219 g/mol. The van der Waals surface area contributed by atoms with E-state index in [1.54, 1.807) is 0 Å². The van der Waals surface area contributed by atoms with Gasteiger partial charge in [0.05, 0.1) is 0 Å². The fourth-order valence-electron chi connectivity index (χ4n) is 0. The first-order valence-corrected chi connectivity index (χ1v) is 2.91. The van der Waals surface area contributed by atoms with Gasteiger partial charge in [0.1, 0.15) is 0 Å². The molecule has 0 spiro atoms. The summed E-state index contributed by atoms with van der Waals surface area (Å²) in [5.41, 5.74) is 0. The standard InChI is InChI=1S/C2H4O2.Ca.Mg.H2O4S/c1-2(3)4;;;1-5(2,3)4/h1H3,(H,3,4);;;(H2,1,2,3,4)/q;2*+2;/p-3. The van der Waals surface area contributed by atoms with Crippen LogP contribution in [0.4, 0.5) is 0 Å². The predicted molar refractivity (Wildman–Crippen MR) is 32.7 cm³/mol. The van der Waals surface area contributed by atoms with Crippen molar-refractivity contribution in [3.05, 3.63) is 0 Å². The quantitative estimate of drug-likeness (QED) is 0.238. The van der Waals surface area contributed by atoms with E-state index in [1.807, 2.05) is 0 Å². The fraction of sp³-hybridized carbons (Fsp3) is 0.500. The van der Waals surface area contributed by atoms with Crippen molar-refractivity contribution in [2.45, 2.75) is 6.92 Å². The predicted octanol–water partition coefficient (Wildman–Crippen LogP) is -3.34. The molecule has 11 heavy (non-hydrogen) atoms. The Bertz CT molecular complexity index is 163. The second-order valence-electron chi connectivity index (χ2n) is 0.900. The molecular weight excluding hydrogens is 216 g/mol. The van der Waals surface area contributed by atoms with E-state index in [0.29, 0.717) is 0 Å². The van der Waals surface area contributed by atoms with Gasteiger partial charge < -0.3 is 19.0 Å². The largest absolute Gasteiger partial charge is 2.00 e. The van der Waals surface area contributed by atoms with Crippen molar-refractivity contribution in [1.29, 1.82) is 0 Å². The van der Waals surface area contributed by atoms with Crippen LogP contribution >= 0.6 is 0 Å². The SMILES string of the molecule is CC(=O)[O-].O=S(=O)([O-])[O-].[Ca+2].[Mg+2]. The molecule has 0 N–H and O–H groups in total. The van der Waals surface area contributed by atoms with Crippen molar-refractivity contribution < 1.29 is 27.4 Å². The van der Waals surface area contributed by atoms with E-state index in [4.69, 9.17) is 27.4 Å². The van der Waals surface area contributed by atoms with Crippen molar-refractivity contribution in [2.24, 2.45) is 0 Å². The number of hydrogen-bond donors (Lipinski definition) is 0. The van der Waals surface area contributed by atoms with E-state index >= 15 is 0 Å². The minimum Gasteiger partial charge on any atom is -0.759 e. The van der Waals surface area contributed by atoms with Crippen molar-refractivity contribution in [2.75, 3.05) is 0 Å². The van der Waals surface area contributed by atoms with Gasteiger partial charge in [0.15, 0.2) is 0 Å². The van der Waals surface area contributed by atoms with Gasteiger partial charge in [0.2, 0.25) is 0 Å². The molecule has 0 fully saturated rings. The summed E-state index contributed by atoms with van der Waals surface area (Å²) in [6.45, 7) is 0.972. The van der Waals surface area contributed by atoms with Crippen LogP contribution in [0.15, 0.2) is 0 Å². The molecule has 0 heterocycles. The molecule has 0 aliphatic heterocycles. The summed E-state index contributed by atoms with van der Waals surface area (Å²) >= 11 is 0. The molecule has 0 bridgehead atoms. The Kier molecular flexibility index (Phi) is 23.6. The van der Waals surface area contributed by atoms with E-state index in [0.717, 1.165) is 6.92 Å². The van der Waals surface area contributed by atoms with Gasteiger partial charge in [0, 0.05) is 16.4 Å². The Balaban J connectivity index is -0.0000000383. The average Bonchev–Trinajstić information content (AvgIpc) is 1.19. The molecule has 0 aromatic heterocycles. The smallest absolute Gasteiger partial charge is 0.759 e. The molecule has 0 aliphatic rings. The Hall–Kier alpha value is 1.37. The van der Waals surface area contributed by atoms with Gasteiger partial charge in [-0.3, -0.25) is 8.42 Å². The van der Waals surface area contributed by atoms with Crippen LogP contribution in [0.25, 0.3) is 0 Å². The second-order valence-corrected chi connectivity index (χ2v) is 1.72. The van der Waals surface area contributed by atoms with Crippen LogP contribution in [0.3, 0.4) is 0 Å². The zero-order valence-electron chi connectivity index (χ0n) is 5.77. The molecule has 0 unspecified atom stereocenters. The summed E-state index contributed by atoms with van der Waals surface area (Å²) in [4.78, 5) is 8.89. The number of carboxylic acid groups (broad SMARTS) is 1. The maximum Gasteiger partial charge on any atom is 2.00 e. The molecule has 56 valence electrons. The van der Waals surface area contributed by atoms with Gasteiger partial charge in [-0.15, -0.1) is 0 Å². The number of carbonyl (C=O) groups excluding carboxylic acids is 1. The molecule has 0 saturated carbocycles. The zero-order chi connectivity index (χ0) is 8.08. The summed E-state index contributed by atoms with van der Waals surface area (Å²) in [6, 6.07) is 0. The second kappa shape index (κ2) is 11.4. The maximum absolute atomic E-state index is 8.89. The third-order valence-electron chi connectivity index (χ3n) is 0. The number of carbonyl (C=O) groups is 1. The fourth-order valence-corrected chi connectivity index (χ4v) is 0. The van der Waals surface area contributed by atoms with Crippen LogP contribution in [-0.2, 0) is 15.2 Å². The van der Waals surface area contributed by atoms with Crippen LogP contribution < -0.4 is 5.11 Å². The molecule has 0 atom stereocenters. The maximum atomic E-state index is 8.89. The molecule has 0 aromatic carbocycles. The number of hydrogen-bond acceptors (Lipinski definition) is 6. The molecular formula is C2H3CaMgO6S+. The van der Waals surface area contributed by atoms with Gasteiger partial charge in [0.25, 0.3) is 0 Å². The van der Waals surface area contributed by atoms with Crippen LogP contribution in [0.5, 0.6) is 0 Å². The summed E-state index contributed by atoms with van der Waals surface area (Å²) in [5, 5.41) is 8.89. The van der Waals surface area contributed by atoms with Gasteiger partial charge in [-0.2, -0.15) is 0 Å². The Morgan fingerprint density at radius 1 is 1.27 bits per heavy atom. The summed E-state index contributed by atoms with van der Waals surface area (Å²) in [7, 11) is -5.17. The first kappa shape index (κ1) is 22.8. The molecule has 0 aliphatic carbocycles. The minimum absolute atomic E-state index is 0. The van der Waals surface area contributed by atoms with Crippen molar-refractivity contribution in [3.63, 3.8) is 0 Å². The van der Waals surface area contributed by atoms with E-state index in [2.05, 4.69) is 0 Å². The third kappa shape index (κ3) is 534. The normalized spacial score (nSPS) is 7.55. The summed E-state index contributed by atoms with van der Waals surface area (Å²) in [5.74, 6) is -1.08. The van der Waals surface area contributed by atoms with Crippen molar-refractivity contribution >= 4 is 77.2 Å². The van der Waals surface area contributed by atoms with E-state index in [-0.39, 0.29) is 60.8 Å². The Morgan fingerprint density at radius 3 is 1.27 bits per heavy atom. The minimum atomic E-state index is -5.17. The van der Waals surface area contributed by atoms with Crippen LogP contribution in [0.2, 0.25) is 0 Å². The van der Waals surface area contributed by atoms with Crippen LogP contribution in [-0.4, -0.2) is 84.3 Å². The van der Waals surface area contributed by atoms with Gasteiger partial charge in [-0.25, -0.2) is 0 Å². The molecule has 9 heteroatoms. The topological polar surface area (TPSA) is 120 Å². The molecule has 0 rings (SSSR count). The zero-order valence-corrected chi connectivity index (χ0v) is 10.2. The van der Waals surface area contributed by atoms with Gasteiger partial charge >= 0.3 is 60.8 Å². The van der Waals surface area contributed by atoms with E-state index < -0.39 is 16.4 Å². The molecule has 0 saturated heterocycles. The Morgan fingerprint density at radius 2 is 1.27 bits per heavy atom. The van der Waals surface area contributed by atoms with Crippen molar-refractivity contribution in [3.8, 4) is 0 Å².